The van der Waals surface area contributed by atoms with E-state index >= 15 is 0 Å². The summed E-state index contributed by atoms with van der Waals surface area (Å²) < 4.78 is 2.02. The molecule has 95 heavy (non-hydrogen) atoms. The van der Waals surface area contributed by atoms with Crippen molar-refractivity contribution in [3.8, 4) is 90.7 Å². The van der Waals surface area contributed by atoms with E-state index in [0.717, 1.165) is 170 Å². The molecule has 0 aliphatic carbocycles. The number of hydrogen-bond donors (Lipinski definition) is 7. The molecule has 25 heteroatoms. The Labute approximate surface area is 541 Å². The number of nitrogens with zero attached hydrogens (tertiary/aromatic N) is 18. The van der Waals surface area contributed by atoms with Crippen molar-refractivity contribution in [3.63, 3.8) is 0 Å². The lowest BCUT2D eigenvalue weighted by Gasteiger charge is -2.13. The molecule has 0 atom stereocenters. The highest BCUT2D eigenvalue weighted by molar-refractivity contribution is 6.00. The van der Waals surface area contributed by atoms with E-state index in [0.29, 0.717) is 17.5 Å². The SMILES string of the molecule is C1=C(c2cc3c(-c4nc5c(-c6ccncc6)cncc5[nH]4)n[nH]c3cn2)CCNC1.CC.CC.Cc1ncc(-c2cc3c(-c4nc5c(-c6ccncc6)cncc5[nH]4)n[nH]c3cn2)n1C.c1ccc(-c2cc3c(-c4nc5c(-c6cccnc6)cncc5[nH]4)n[nH]c3cn2)nc1. The molecule has 1 aliphatic rings. The Hall–Kier alpha value is -12.8. The molecule has 17 aromatic rings. The lowest BCUT2D eigenvalue weighted by Crippen LogP contribution is -2.20. The molecule has 466 valence electrons. The topological polar surface area (TPSA) is 331 Å². The maximum atomic E-state index is 4.88. The van der Waals surface area contributed by atoms with E-state index in [1.807, 2.05) is 138 Å². The highest BCUT2D eigenvalue weighted by atomic mass is 15.2. The fourth-order valence-electron chi connectivity index (χ4n) is 11.2. The third-order valence-electron chi connectivity index (χ3n) is 16.0. The van der Waals surface area contributed by atoms with Crippen LogP contribution in [0.5, 0.6) is 0 Å². The third-order valence-corrected chi connectivity index (χ3v) is 16.0. The quantitative estimate of drug-likeness (QED) is 0.0706. The molecular weight excluding hydrogens is 1190 g/mol. The first-order chi connectivity index (χ1) is 46.9. The van der Waals surface area contributed by atoms with Crippen molar-refractivity contribution in [1.29, 1.82) is 0 Å². The predicted octanol–water partition coefficient (Wildman–Crippen LogP) is 13.1. The first-order valence-electron chi connectivity index (χ1n) is 31.0. The Morgan fingerprint density at radius 3 is 1.36 bits per heavy atom. The van der Waals surface area contributed by atoms with Crippen molar-refractivity contribution in [2.24, 2.45) is 7.05 Å². The largest absolute Gasteiger partial charge is 0.335 e. The van der Waals surface area contributed by atoms with Gasteiger partial charge in [0.1, 0.15) is 28.4 Å². The molecule has 0 radical (unpaired) electrons. The van der Waals surface area contributed by atoms with Crippen LogP contribution in [-0.2, 0) is 7.05 Å². The van der Waals surface area contributed by atoms with Gasteiger partial charge in [0, 0.05) is 114 Å². The van der Waals surface area contributed by atoms with E-state index in [1.54, 1.807) is 80.6 Å². The number of imidazole rings is 4. The van der Waals surface area contributed by atoms with Gasteiger partial charge in [-0.25, -0.2) is 19.9 Å². The van der Waals surface area contributed by atoms with Crippen molar-refractivity contribution < 1.29 is 0 Å². The Balaban J connectivity index is 0.000000120. The predicted molar refractivity (Wildman–Crippen MR) is 368 cm³/mol. The van der Waals surface area contributed by atoms with Crippen LogP contribution >= 0.6 is 0 Å². The van der Waals surface area contributed by atoms with Gasteiger partial charge in [-0.2, -0.15) is 15.3 Å². The zero-order valence-corrected chi connectivity index (χ0v) is 52.5. The molecule has 0 fully saturated rings. The van der Waals surface area contributed by atoms with Gasteiger partial charge in [-0.15, -0.1) is 0 Å². The van der Waals surface area contributed by atoms with Crippen molar-refractivity contribution in [3.05, 3.63) is 196 Å². The number of aryl methyl sites for hydroxylation is 1. The Bertz CT molecular complexity index is 5530. The minimum Gasteiger partial charge on any atom is -0.335 e. The summed E-state index contributed by atoms with van der Waals surface area (Å²) in [5, 5.41) is 28.9. The minimum atomic E-state index is 0.660. The van der Waals surface area contributed by atoms with E-state index in [9.17, 15) is 0 Å². The van der Waals surface area contributed by atoms with E-state index in [2.05, 4.69) is 118 Å². The maximum absolute atomic E-state index is 4.88. The van der Waals surface area contributed by atoms with Crippen LogP contribution in [0.25, 0.3) is 162 Å². The molecular formula is C70H61N25. The molecule has 1 aliphatic heterocycles. The molecule has 0 saturated heterocycles. The highest BCUT2D eigenvalue weighted by Gasteiger charge is 2.21. The second kappa shape index (κ2) is 26.6. The molecule has 0 aromatic carbocycles. The number of H-pyrrole nitrogens is 6. The van der Waals surface area contributed by atoms with Crippen molar-refractivity contribution >= 4 is 71.4 Å². The molecule has 7 N–H and O–H groups in total. The smallest absolute Gasteiger partial charge is 0.159 e. The van der Waals surface area contributed by atoms with Gasteiger partial charge >= 0.3 is 0 Å². The van der Waals surface area contributed by atoms with Gasteiger partial charge in [-0.3, -0.25) is 65.1 Å². The van der Waals surface area contributed by atoms with E-state index < -0.39 is 0 Å². The lowest BCUT2D eigenvalue weighted by molar-refractivity contribution is 0.737. The third kappa shape index (κ3) is 11.8. The number of rotatable bonds is 9. The summed E-state index contributed by atoms with van der Waals surface area (Å²) in [6.07, 6.45) is 33.5. The fraction of sp³-hybridized carbons (Fsp3) is 0.129. The molecule has 0 unspecified atom stereocenters. The molecule has 18 heterocycles. The molecule has 17 aromatic heterocycles. The van der Waals surface area contributed by atoms with Crippen LogP contribution < -0.4 is 5.32 Å². The summed E-state index contributed by atoms with van der Waals surface area (Å²) in [6.45, 7) is 11.8. The number of fused-ring (bicyclic) bond motifs is 6. The molecule has 18 rings (SSSR count). The molecule has 0 saturated carbocycles. The summed E-state index contributed by atoms with van der Waals surface area (Å²) in [7, 11) is 1.98. The monoisotopic (exact) mass is 1250 g/mol. The average Bonchev–Trinajstić information content (AvgIpc) is 1.64. The van der Waals surface area contributed by atoms with Crippen molar-refractivity contribution in [2.75, 3.05) is 13.1 Å². The van der Waals surface area contributed by atoms with Gasteiger partial charge in [0.25, 0.3) is 0 Å². The first kappa shape index (κ1) is 59.8. The normalized spacial score (nSPS) is 12.0. The van der Waals surface area contributed by atoms with Crippen LogP contribution in [0, 0.1) is 6.92 Å². The Morgan fingerprint density at radius 2 is 0.895 bits per heavy atom. The summed E-state index contributed by atoms with van der Waals surface area (Å²) in [6, 6.07) is 23.5. The number of hydrogen-bond acceptors (Lipinski definition) is 18. The zero-order valence-electron chi connectivity index (χ0n) is 52.5. The number of nitrogens with one attached hydrogen (secondary N) is 7. The maximum Gasteiger partial charge on any atom is 0.159 e. The van der Waals surface area contributed by atoms with E-state index in [-0.39, 0.29) is 0 Å². The van der Waals surface area contributed by atoms with E-state index in [4.69, 9.17) is 15.0 Å². The van der Waals surface area contributed by atoms with Crippen molar-refractivity contribution in [1.82, 2.24) is 125 Å². The highest BCUT2D eigenvalue weighted by Crippen LogP contribution is 2.36. The minimum absolute atomic E-state index is 0.660. The lowest BCUT2D eigenvalue weighted by atomic mass is 10.0. The van der Waals surface area contributed by atoms with Gasteiger partial charge in [-0.1, -0.05) is 45.9 Å². The van der Waals surface area contributed by atoms with Crippen LogP contribution in [0.4, 0.5) is 0 Å². The van der Waals surface area contributed by atoms with Gasteiger partial charge in [0.2, 0.25) is 0 Å². The number of aromatic nitrogens is 24. The van der Waals surface area contributed by atoms with Crippen LogP contribution in [0.2, 0.25) is 0 Å². The zero-order chi connectivity index (χ0) is 64.8. The number of pyridine rings is 10. The van der Waals surface area contributed by atoms with Gasteiger partial charge < -0.3 is 24.8 Å². The van der Waals surface area contributed by atoms with Crippen LogP contribution in [0.3, 0.4) is 0 Å². The van der Waals surface area contributed by atoms with Gasteiger partial charge in [0.05, 0.1) is 116 Å². The van der Waals surface area contributed by atoms with Crippen molar-refractivity contribution in [2.45, 2.75) is 41.0 Å². The first-order valence-corrected chi connectivity index (χ1v) is 31.0. The molecule has 0 bridgehead atoms. The molecule has 0 spiro atoms. The van der Waals surface area contributed by atoms with Gasteiger partial charge in [-0.05, 0) is 97.3 Å². The molecule has 25 nitrogen and oxygen atoms in total. The second-order valence-electron chi connectivity index (χ2n) is 21.4. The second-order valence-corrected chi connectivity index (χ2v) is 21.4. The van der Waals surface area contributed by atoms with Crippen LogP contribution in [0.15, 0.2) is 184 Å². The summed E-state index contributed by atoms with van der Waals surface area (Å²) in [5.74, 6) is 2.96. The molecule has 0 amide bonds. The summed E-state index contributed by atoms with van der Waals surface area (Å²) in [4.78, 5) is 72.7. The van der Waals surface area contributed by atoms with Gasteiger partial charge in [0.15, 0.2) is 17.5 Å². The average molecular weight is 1250 g/mol. The van der Waals surface area contributed by atoms with Crippen LogP contribution in [-0.4, -0.2) is 133 Å². The standard InChI is InChI=1S/C22H17N9.C22H18N8.C22H14N8.2C2H6/c1-12-25-11-19(31(12)2)16-7-14-17(10-26-16)29-30-21(14)22-27-18-9-24-8-15(20(18)28-22)13-3-5-23-6-4-13;1-5-23-6-2-13(1)16-10-25-11-19-20(16)28-22(27-19)21-15-9-17(14-3-7-24-8-4-14)26-12-18(15)29-30-21;1-2-7-25-16(5-1)17-8-14-18(12-26-17)29-30-21(14)22-27-19-11-24-10-15(20(19)28-22)13-4-3-6-23-9-13;2*1-2/h3-11H,1-2H3,(H,27,28)(H,29,30);1-3,5-6,9-12,24H,4,7-8H2,(H,27,28)(H,29,30);1-12H,(H,27,28)(H,29,30);2*1-2H3. The fourth-order valence-corrected chi connectivity index (χ4v) is 11.2. The Kier molecular flexibility index (Phi) is 16.7. The summed E-state index contributed by atoms with van der Waals surface area (Å²) in [5.41, 5.74) is 21.3. The van der Waals surface area contributed by atoms with E-state index in [1.165, 1.54) is 5.57 Å². The summed E-state index contributed by atoms with van der Waals surface area (Å²) >= 11 is 0. The Morgan fingerprint density at radius 1 is 0.400 bits per heavy atom. The number of aromatic amines is 6. The van der Waals surface area contributed by atoms with Crippen LogP contribution in [0.1, 0.15) is 45.6 Å².